The highest BCUT2D eigenvalue weighted by Crippen LogP contribution is 2.27. The summed E-state index contributed by atoms with van der Waals surface area (Å²) in [6, 6.07) is 3.69. The Bertz CT molecular complexity index is 459. The van der Waals surface area contributed by atoms with Crippen molar-refractivity contribution in [3.8, 4) is 0 Å². The van der Waals surface area contributed by atoms with Crippen molar-refractivity contribution in [2.75, 3.05) is 25.0 Å². The molecule has 1 aliphatic rings. The second-order valence-corrected chi connectivity index (χ2v) is 4.77. The lowest BCUT2D eigenvalue weighted by Gasteiger charge is -2.31. The number of nitrogens with one attached hydrogen (secondary N) is 1. The lowest BCUT2D eigenvalue weighted by Crippen LogP contribution is -2.38. The topological polar surface area (TPSA) is 58.4 Å². The van der Waals surface area contributed by atoms with Crippen LogP contribution < -0.4 is 5.32 Å². The Morgan fingerprint density at radius 1 is 1.47 bits per heavy atom. The average Bonchev–Trinajstić information content (AvgIpc) is 2.39. The summed E-state index contributed by atoms with van der Waals surface area (Å²) in [6.45, 7) is 5.08. The van der Waals surface area contributed by atoms with Crippen molar-refractivity contribution < 1.29 is 9.31 Å². The molecule has 1 saturated heterocycles. The standard InChI is InChI=1S/C13H18FN3O2/c1-2-16-7-5-11(6-8-16)15-12-9-10(14)3-4-13(12)17(18)19/h3-4,9,11,15H,2,5-8H2,1H3. The van der Waals surface area contributed by atoms with Gasteiger partial charge in [0, 0.05) is 31.3 Å². The molecule has 0 amide bonds. The summed E-state index contributed by atoms with van der Waals surface area (Å²) in [5.74, 6) is -0.459. The fraction of sp³-hybridized carbons (Fsp3) is 0.538. The first-order valence-corrected chi connectivity index (χ1v) is 6.53. The van der Waals surface area contributed by atoms with Crippen molar-refractivity contribution in [3.05, 3.63) is 34.1 Å². The quantitative estimate of drug-likeness (QED) is 0.673. The lowest BCUT2D eigenvalue weighted by atomic mass is 10.0. The Hall–Kier alpha value is -1.69. The van der Waals surface area contributed by atoms with Crippen LogP contribution in [0.3, 0.4) is 0 Å². The van der Waals surface area contributed by atoms with Crippen molar-refractivity contribution in [2.45, 2.75) is 25.8 Å². The van der Waals surface area contributed by atoms with Crippen LogP contribution in [0.4, 0.5) is 15.8 Å². The van der Waals surface area contributed by atoms with Crippen LogP contribution in [0, 0.1) is 15.9 Å². The molecule has 1 aromatic rings. The number of hydrogen-bond acceptors (Lipinski definition) is 4. The van der Waals surface area contributed by atoms with E-state index in [1.54, 1.807) is 0 Å². The number of piperidine rings is 1. The fourth-order valence-corrected chi connectivity index (χ4v) is 2.40. The number of nitrogens with zero attached hydrogens (tertiary/aromatic N) is 2. The smallest absolute Gasteiger partial charge is 0.292 e. The second-order valence-electron chi connectivity index (χ2n) is 4.77. The Labute approximate surface area is 111 Å². The maximum absolute atomic E-state index is 13.2. The van der Waals surface area contributed by atoms with E-state index in [1.807, 2.05) is 0 Å². The molecule has 1 fully saturated rings. The molecule has 0 radical (unpaired) electrons. The van der Waals surface area contributed by atoms with Gasteiger partial charge in [-0.15, -0.1) is 0 Å². The van der Waals surface area contributed by atoms with Gasteiger partial charge in [-0.3, -0.25) is 10.1 Å². The van der Waals surface area contributed by atoms with Crippen LogP contribution in [-0.2, 0) is 0 Å². The summed E-state index contributed by atoms with van der Waals surface area (Å²) in [4.78, 5) is 12.8. The van der Waals surface area contributed by atoms with E-state index in [2.05, 4.69) is 17.1 Å². The number of nitro groups is 1. The van der Waals surface area contributed by atoms with Crippen LogP contribution in [0.15, 0.2) is 18.2 Å². The van der Waals surface area contributed by atoms with Crippen molar-refractivity contribution in [1.82, 2.24) is 4.90 Å². The zero-order valence-corrected chi connectivity index (χ0v) is 10.9. The zero-order chi connectivity index (χ0) is 13.8. The molecule has 0 spiro atoms. The van der Waals surface area contributed by atoms with Gasteiger partial charge in [0.15, 0.2) is 0 Å². The fourth-order valence-electron chi connectivity index (χ4n) is 2.40. The molecule has 5 nitrogen and oxygen atoms in total. The molecule has 0 aliphatic carbocycles. The zero-order valence-electron chi connectivity index (χ0n) is 10.9. The predicted octanol–water partition coefficient (Wildman–Crippen LogP) is 2.63. The summed E-state index contributed by atoms with van der Waals surface area (Å²) in [6.07, 6.45) is 1.84. The second kappa shape index (κ2) is 5.97. The molecule has 1 heterocycles. The van der Waals surface area contributed by atoms with Gasteiger partial charge in [-0.1, -0.05) is 6.92 Å². The third-order valence-electron chi connectivity index (χ3n) is 3.55. The summed E-state index contributed by atoms with van der Waals surface area (Å²) in [5, 5.41) is 14.0. The first kappa shape index (κ1) is 13.7. The molecule has 1 aromatic carbocycles. The van der Waals surface area contributed by atoms with E-state index in [9.17, 15) is 14.5 Å². The minimum absolute atomic E-state index is 0.0701. The van der Waals surface area contributed by atoms with E-state index in [-0.39, 0.29) is 17.4 Å². The molecule has 0 saturated carbocycles. The van der Waals surface area contributed by atoms with Crippen LogP contribution in [0.2, 0.25) is 0 Å². The summed E-state index contributed by atoms with van der Waals surface area (Å²) < 4.78 is 13.2. The van der Waals surface area contributed by atoms with E-state index >= 15 is 0 Å². The summed E-state index contributed by atoms with van der Waals surface area (Å²) in [5.41, 5.74) is 0.208. The van der Waals surface area contributed by atoms with Crippen LogP contribution >= 0.6 is 0 Å². The number of anilines is 1. The van der Waals surface area contributed by atoms with E-state index in [0.717, 1.165) is 38.5 Å². The van der Waals surface area contributed by atoms with Crippen molar-refractivity contribution in [3.63, 3.8) is 0 Å². The highest BCUT2D eigenvalue weighted by atomic mass is 19.1. The molecule has 0 bridgehead atoms. The van der Waals surface area contributed by atoms with Gasteiger partial charge in [-0.05, 0) is 25.5 Å². The maximum Gasteiger partial charge on any atom is 0.292 e. The maximum atomic E-state index is 13.2. The van der Waals surface area contributed by atoms with Gasteiger partial charge >= 0.3 is 0 Å². The number of halogens is 1. The van der Waals surface area contributed by atoms with E-state index in [0.29, 0.717) is 0 Å². The molecule has 0 atom stereocenters. The highest BCUT2D eigenvalue weighted by Gasteiger charge is 2.21. The Kier molecular flexibility index (Phi) is 4.31. The van der Waals surface area contributed by atoms with Gasteiger partial charge in [-0.2, -0.15) is 0 Å². The van der Waals surface area contributed by atoms with Crippen LogP contribution in [0.25, 0.3) is 0 Å². The van der Waals surface area contributed by atoms with Gasteiger partial charge in [-0.25, -0.2) is 4.39 Å². The SMILES string of the molecule is CCN1CCC(Nc2cc(F)ccc2[N+](=O)[O-])CC1. The number of nitro benzene ring substituents is 1. The van der Waals surface area contributed by atoms with Gasteiger partial charge in [0.2, 0.25) is 0 Å². The van der Waals surface area contributed by atoms with Crippen molar-refractivity contribution >= 4 is 11.4 Å². The van der Waals surface area contributed by atoms with Crippen LogP contribution in [-0.4, -0.2) is 35.5 Å². The summed E-state index contributed by atoms with van der Waals surface area (Å²) >= 11 is 0. The predicted molar refractivity (Wildman–Crippen MR) is 71.8 cm³/mol. The molecular weight excluding hydrogens is 249 g/mol. The Morgan fingerprint density at radius 2 is 2.16 bits per heavy atom. The molecule has 0 aromatic heterocycles. The van der Waals surface area contributed by atoms with Gasteiger partial charge in [0.1, 0.15) is 11.5 Å². The molecule has 1 N–H and O–H groups in total. The normalized spacial score (nSPS) is 17.4. The van der Waals surface area contributed by atoms with E-state index < -0.39 is 10.7 Å². The van der Waals surface area contributed by atoms with Gasteiger partial charge in [0.05, 0.1) is 4.92 Å². The first-order chi connectivity index (χ1) is 9.10. The minimum atomic E-state index is -0.483. The minimum Gasteiger partial charge on any atom is -0.377 e. The number of benzene rings is 1. The van der Waals surface area contributed by atoms with E-state index in [4.69, 9.17) is 0 Å². The van der Waals surface area contributed by atoms with E-state index in [1.165, 1.54) is 12.1 Å². The van der Waals surface area contributed by atoms with Gasteiger partial charge in [0.25, 0.3) is 5.69 Å². The molecule has 6 heteroatoms. The van der Waals surface area contributed by atoms with Crippen LogP contribution in [0.1, 0.15) is 19.8 Å². The van der Waals surface area contributed by atoms with Crippen molar-refractivity contribution in [2.24, 2.45) is 0 Å². The van der Waals surface area contributed by atoms with Crippen molar-refractivity contribution in [1.29, 1.82) is 0 Å². The monoisotopic (exact) mass is 267 g/mol. The summed E-state index contributed by atoms with van der Waals surface area (Å²) in [7, 11) is 0. The largest absolute Gasteiger partial charge is 0.377 e. The molecule has 19 heavy (non-hydrogen) atoms. The molecule has 104 valence electrons. The molecular formula is C13H18FN3O2. The van der Waals surface area contributed by atoms with Gasteiger partial charge < -0.3 is 10.2 Å². The molecule has 2 rings (SSSR count). The lowest BCUT2D eigenvalue weighted by molar-refractivity contribution is -0.384. The molecule has 1 aliphatic heterocycles. The van der Waals surface area contributed by atoms with Crippen LogP contribution in [0.5, 0.6) is 0 Å². The number of likely N-dealkylation sites (tertiary alicyclic amines) is 1. The Morgan fingerprint density at radius 3 is 2.74 bits per heavy atom. The Balaban J connectivity index is 2.06. The third-order valence-corrected chi connectivity index (χ3v) is 3.55. The average molecular weight is 267 g/mol. The first-order valence-electron chi connectivity index (χ1n) is 6.53. The third kappa shape index (κ3) is 3.41. The number of rotatable bonds is 4. The number of hydrogen-bond donors (Lipinski definition) is 1. The molecule has 0 unspecified atom stereocenters. The highest BCUT2D eigenvalue weighted by molar-refractivity contribution is 5.61.